The molecule has 2 fully saturated rings. The fourth-order valence-corrected chi connectivity index (χ4v) is 3.68. The molecule has 1 heterocycles. The van der Waals surface area contributed by atoms with Crippen molar-refractivity contribution in [2.45, 2.75) is 25.9 Å². The number of hydrogen-bond donors (Lipinski definition) is 1. The molecule has 2 aliphatic carbocycles. The van der Waals surface area contributed by atoms with Gasteiger partial charge in [-0.15, -0.1) is 0 Å². The average Bonchev–Trinajstić information content (AvgIpc) is 3.52. The first-order chi connectivity index (χ1) is 12.7. The Morgan fingerprint density at radius 2 is 1.81 bits per heavy atom. The smallest absolute Gasteiger partial charge is 0.410 e. The number of nitrogens with one attached hydrogen (secondary N) is 1. The molecule has 1 aromatic carbocycles. The Labute approximate surface area is 154 Å². The zero-order valence-electron chi connectivity index (χ0n) is 15.0. The Morgan fingerprint density at radius 3 is 2.50 bits per heavy atom. The van der Waals surface area contributed by atoms with Crippen LogP contribution in [0.25, 0.3) is 0 Å². The molecular weight excluding hydrogens is 326 g/mol. The lowest BCUT2D eigenvalue weighted by molar-refractivity contribution is 0.0783. The molecule has 0 radical (unpaired) electrons. The molecule has 0 spiro atoms. The molecule has 1 amide bonds. The predicted molar refractivity (Wildman–Crippen MR) is 101 cm³/mol. The number of nitrogens with zero attached hydrogens (tertiary/aromatic N) is 2. The van der Waals surface area contributed by atoms with Crippen LogP contribution in [0.5, 0.6) is 0 Å². The molecule has 26 heavy (non-hydrogen) atoms. The van der Waals surface area contributed by atoms with Gasteiger partial charge < -0.3 is 19.9 Å². The van der Waals surface area contributed by atoms with Gasteiger partial charge in [0.25, 0.3) is 0 Å². The van der Waals surface area contributed by atoms with E-state index in [4.69, 9.17) is 10.1 Å². The van der Waals surface area contributed by atoms with Crippen LogP contribution in [0.4, 0.5) is 4.79 Å². The fraction of sp³-hybridized carbons (Fsp3) is 0.429. The second-order valence-corrected chi connectivity index (χ2v) is 7.23. The minimum Gasteiger partial charge on any atom is -0.445 e. The van der Waals surface area contributed by atoms with Crippen LogP contribution in [0.3, 0.4) is 0 Å². The molecule has 0 bridgehead atoms. The first kappa shape index (κ1) is 16.9. The number of allylic oxidation sites excluding steroid dienone is 3. The van der Waals surface area contributed by atoms with Crippen LogP contribution in [0, 0.1) is 11.3 Å². The van der Waals surface area contributed by atoms with Crippen molar-refractivity contribution in [3.63, 3.8) is 0 Å². The second-order valence-electron chi connectivity index (χ2n) is 7.23. The normalized spacial score (nSPS) is 20.5. The number of ether oxygens (including phenoxy) is 1. The maximum atomic E-state index is 12.3. The highest BCUT2D eigenvalue weighted by molar-refractivity contribution is 5.96. The molecule has 0 unspecified atom stereocenters. The quantitative estimate of drug-likeness (QED) is 0.902. The topological polar surface area (TPSA) is 56.6 Å². The third-order valence-electron chi connectivity index (χ3n) is 5.31. The van der Waals surface area contributed by atoms with Crippen molar-refractivity contribution in [3.05, 3.63) is 59.3 Å². The molecule has 1 saturated heterocycles. The Kier molecular flexibility index (Phi) is 4.78. The number of rotatable bonds is 4. The summed E-state index contributed by atoms with van der Waals surface area (Å²) in [5, 5.41) is 7.94. The Balaban J connectivity index is 1.32. The molecular formula is C21H25N3O2. The summed E-state index contributed by atoms with van der Waals surface area (Å²) in [6.45, 7) is 3.33. The van der Waals surface area contributed by atoms with Gasteiger partial charge in [-0.25, -0.2) is 4.79 Å². The van der Waals surface area contributed by atoms with Crippen molar-refractivity contribution in [1.82, 2.24) is 9.80 Å². The summed E-state index contributed by atoms with van der Waals surface area (Å²) in [4.78, 5) is 16.5. The molecule has 5 heteroatoms. The van der Waals surface area contributed by atoms with E-state index in [9.17, 15) is 4.79 Å². The summed E-state index contributed by atoms with van der Waals surface area (Å²) < 4.78 is 5.45. The summed E-state index contributed by atoms with van der Waals surface area (Å²) in [5.41, 5.74) is 4.44. The lowest BCUT2D eigenvalue weighted by atomic mass is 9.95. The number of carbonyl (C=O) groups excluding carboxylic acids is 1. The first-order valence-electron chi connectivity index (χ1n) is 9.40. The molecule has 1 N–H and O–H groups in total. The SMILES string of the molecule is N=C1C=CC(N2CCN(C(=O)OCc3ccccc3)CC2)=C(C2CC2)C1. The van der Waals surface area contributed by atoms with Crippen molar-refractivity contribution in [2.75, 3.05) is 26.2 Å². The third-order valence-corrected chi connectivity index (χ3v) is 5.31. The number of amides is 1. The molecule has 3 aliphatic rings. The van der Waals surface area contributed by atoms with Crippen LogP contribution in [0.2, 0.25) is 0 Å². The molecule has 1 saturated carbocycles. The number of piperazine rings is 1. The van der Waals surface area contributed by atoms with E-state index >= 15 is 0 Å². The highest BCUT2D eigenvalue weighted by Gasteiger charge is 2.32. The highest BCUT2D eigenvalue weighted by Crippen LogP contribution is 2.42. The van der Waals surface area contributed by atoms with Gasteiger partial charge in [-0.05, 0) is 42.0 Å². The van der Waals surface area contributed by atoms with Crippen LogP contribution in [0.15, 0.2) is 53.8 Å². The minimum absolute atomic E-state index is 0.231. The summed E-state index contributed by atoms with van der Waals surface area (Å²) in [6.07, 6.45) is 7.09. The van der Waals surface area contributed by atoms with E-state index in [1.54, 1.807) is 4.90 Å². The molecule has 0 atom stereocenters. The van der Waals surface area contributed by atoms with E-state index in [1.165, 1.54) is 24.1 Å². The van der Waals surface area contributed by atoms with Gasteiger partial charge in [-0.1, -0.05) is 30.3 Å². The number of carbonyl (C=O) groups is 1. The lowest BCUT2D eigenvalue weighted by Gasteiger charge is -2.38. The van der Waals surface area contributed by atoms with Gasteiger partial charge in [0.05, 0.1) is 0 Å². The van der Waals surface area contributed by atoms with Crippen molar-refractivity contribution in [3.8, 4) is 0 Å². The molecule has 5 nitrogen and oxygen atoms in total. The van der Waals surface area contributed by atoms with Gasteiger partial charge in [-0.3, -0.25) is 0 Å². The largest absolute Gasteiger partial charge is 0.445 e. The molecule has 0 aromatic heterocycles. The number of benzene rings is 1. The molecule has 4 rings (SSSR count). The zero-order valence-corrected chi connectivity index (χ0v) is 15.0. The summed E-state index contributed by atoms with van der Waals surface area (Å²) in [7, 11) is 0. The van der Waals surface area contributed by atoms with E-state index in [-0.39, 0.29) is 6.09 Å². The average molecular weight is 351 g/mol. The van der Waals surface area contributed by atoms with E-state index in [0.717, 1.165) is 25.1 Å². The van der Waals surface area contributed by atoms with Gasteiger partial charge in [-0.2, -0.15) is 0 Å². The highest BCUT2D eigenvalue weighted by atomic mass is 16.6. The van der Waals surface area contributed by atoms with Crippen molar-refractivity contribution in [2.24, 2.45) is 5.92 Å². The van der Waals surface area contributed by atoms with Gasteiger partial charge in [0.15, 0.2) is 0 Å². The van der Waals surface area contributed by atoms with E-state index in [1.807, 2.05) is 36.4 Å². The fourth-order valence-electron chi connectivity index (χ4n) is 3.68. The van der Waals surface area contributed by atoms with Gasteiger partial charge in [0.2, 0.25) is 0 Å². The van der Waals surface area contributed by atoms with Gasteiger partial charge in [0, 0.05) is 44.0 Å². The monoisotopic (exact) mass is 351 g/mol. The van der Waals surface area contributed by atoms with Gasteiger partial charge in [0.1, 0.15) is 6.61 Å². The molecule has 1 aromatic rings. The van der Waals surface area contributed by atoms with Crippen molar-refractivity contribution in [1.29, 1.82) is 5.41 Å². The van der Waals surface area contributed by atoms with Crippen LogP contribution in [-0.2, 0) is 11.3 Å². The van der Waals surface area contributed by atoms with Crippen molar-refractivity contribution >= 4 is 11.8 Å². The van der Waals surface area contributed by atoms with Crippen LogP contribution in [0.1, 0.15) is 24.8 Å². The van der Waals surface area contributed by atoms with E-state index in [2.05, 4.69) is 11.0 Å². The zero-order chi connectivity index (χ0) is 17.9. The Morgan fingerprint density at radius 1 is 1.08 bits per heavy atom. The standard InChI is InChI=1S/C21H25N3O2/c22-18-8-9-20(19(14-18)17-6-7-17)23-10-12-24(13-11-23)21(25)26-15-16-4-2-1-3-5-16/h1-5,8-9,17,22H,6-7,10-15H2. The van der Waals surface area contributed by atoms with Crippen LogP contribution >= 0.6 is 0 Å². The van der Waals surface area contributed by atoms with E-state index in [0.29, 0.717) is 31.3 Å². The Bertz CT molecular complexity index is 742. The summed E-state index contributed by atoms with van der Waals surface area (Å²) >= 11 is 0. The van der Waals surface area contributed by atoms with Crippen molar-refractivity contribution < 1.29 is 9.53 Å². The third kappa shape index (κ3) is 3.82. The van der Waals surface area contributed by atoms with Gasteiger partial charge >= 0.3 is 6.09 Å². The summed E-state index contributed by atoms with van der Waals surface area (Å²) in [5.74, 6) is 0.671. The molecule has 136 valence electrons. The minimum atomic E-state index is -0.231. The lowest BCUT2D eigenvalue weighted by Crippen LogP contribution is -2.48. The summed E-state index contributed by atoms with van der Waals surface area (Å²) in [6, 6.07) is 9.78. The Hall–Kier alpha value is -2.56. The first-order valence-corrected chi connectivity index (χ1v) is 9.40. The molecule has 1 aliphatic heterocycles. The predicted octanol–water partition coefficient (Wildman–Crippen LogP) is 3.58. The number of hydrogen-bond acceptors (Lipinski definition) is 4. The van der Waals surface area contributed by atoms with Crippen LogP contribution in [-0.4, -0.2) is 47.8 Å². The van der Waals surface area contributed by atoms with Crippen LogP contribution < -0.4 is 0 Å². The second kappa shape index (κ2) is 7.36. The maximum absolute atomic E-state index is 12.3. The maximum Gasteiger partial charge on any atom is 0.410 e. The van der Waals surface area contributed by atoms with E-state index < -0.39 is 0 Å².